The number of halogens is 2. The lowest BCUT2D eigenvalue weighted by Crippen LogP contribution is -2.08. The summed E-state index contributed by atoms with van der Waals surface area (Å²) in [5, 5.41) is 6.81. The Kier molecular flexibility index (Phi) is 3.17. The van der Waals surface area contributed by atoms with Gasteiger partial charge in [-0.3, -0.25) is 9.59 Å². The van der Waals surface area contributed by atoms with Crippen LogP contribution < -0.4 is 5.32 Å². The molecular formula is C16H8ClFN4O2. The number of carbonyl (C=O) groups is 2. The van der Waals surface area contributed by atoms with Gasteiger partial charge in [0.2, 0.25) is 5.78 Å². The number of ketones is 1. The van der Waals surface area contributed by atoms with E-state index in [1.165, 1.54) is 28.9 Å². The molecule has 0 saturated carbocycles. The van der Waals surface area contributed by atoms with Crippen molar-refractivity contribution >= 4 is 40.2 Å². The average molecular weight is 343 g/mol. The van der Waals surface area contributed by atoms with Crippen molar-refractivity contribution in [1.29, 1.82) is 0 Å². The summed E-state index contributed by atoms with van der Waals surface area (Å²) < 4.78 is 14.7. The Balaban J connectivity index is 1.81. The zero-order chi connectivity index (χ0) is 16.8. The summed E-state index contributed by atoms with van der Waals surface area (Å²) in [7, 11) is 0. The molecule has 1 aromatic carbocycles. The van der Waals surface area contributed by atoms with E-state index in [2.05, 4.69) is 15.4 Å². The Bertz CT molecular complexity index is 1060. The summed E-state index contributed by atoms with van der Waals surface area (Å²) in [4.78, 5) is 28.6. The zero-order valence-electron chi connectivity index (χ0n) is 12.0. The van der Waals surface area contributed by atoms with Gasteiger partial charge in [-0.1, -0.05) is 11.6 Å². The molecule has 3 aromatic rings. The lowest BCUT2D eigenvalue weighted by Gasteiger charge is -1.99. The van der Waals surface area contributed by atoms with Crippen LogP contribution in [-0.2, 0) is 4.79 Å². The molecular weight excluding hydrogens is 335 g/mol. The molecule has 0 atom stereocenters. The Morgan fingerprint density at radius 1 is 1.29 bits per heavy atom. The Morgan fingerprint density at radius 3 is 2.96 bits per heavy atom. The number of carbonyl (C=O) groups excluding carboxylic acids is 2. The van der Waals surface area contributed by atoms with E-state index in [1.54, 1.807) is 12.1 Å². The number of hydrogen-bond donors (Lipinski definition) is 1. The highest BCUT2D eigenvalue weighted by molar-refractivity contribution is 6.35. The minimum Gasteiger partial charge on any atom is -0.321 e. The molecule has 1 aliphatic heterocycles. The van der Waals surface area contributed by atoms with Gasteiger partial charge in [0.05, 0.1) is 11.8 Å². The van der Waals surface area contributed by atoms with Crippen LogP contribution in [0.1, 0.15) is 16.1 Å². The minimum atomic E-state index is -0.494. The number of hydrogen-bond acceptors (Lipinski definition) is 4. The Morgan fingerprint density at radius 2 is 2.12 bits per heavy atom. The fourth-order valence-corrected chi connectivity index (χ4v) is 2.67. The molecule has 0 fully saturated rings. The first kappa shape index (κ1) is 14.5. The van der Waals surface area contributed by atoms with Crippen LogP contribution in [0.25, 0.3) is 11.2 Å². The highest BCUT2D eigenvalue weighted by Crippen LogP contribution is 2.32. The monoisotopic (exact) mass is 342 g/mol. The van der Waals surface area contributed by atoms with Gasteiger partial charge >= 0.3 is 0 Å². The molecule has 0 saturated heterocycles. The number of anilines is 1. The number of fused-ring (bicyclic) bond motifs is 2. The second-order valence-electron chi connectivity index (χ2n) is 5.14. The van der Waals surface area contributed by atoms with Crippen molar-refractivity contribution in [2.24, 2.45) is 0 Å². The SMILES string of the molecule is O=C1Nc2ccc(F)cc2/C1=C\C(=O)c1cnc2ccc(Cl)nn12. The quantitative estimate of drug-likeness (QED) is 0.574. The topological polar surface area (TPSA) is 76.4 Å². The molecule has 24 heavy (non-hydrogen) atoms. The molecule has 2 aromatic heterocycles. The van der Waals surface area contributed by atoms with Crippen molar-refractivity contribution in [3.63, 3.8) is 0 Å². The van der Waals surface area contributed by atoms with Crippen LogP contribution in [-0.4, -0.2) is 26.3 Å². The number of benzene rings is 1. The van der Waals surface area contributed by atoms with E-state index in [0.29, 0.717) is 16.9 Å². The van der Waals surface area contributed by atoms with Crippen molar-refractivity contribution < 1.29 is 14.0 Å². The van der Waals surface area contributed by atoms with Crippen molar-refractivity contribution in [1.82, 2.24) is 14.6 Å². The van der Waals surface area contributed by atoms with Gasteiger partial charge in [-0.05, 0) is 30.3 Å². The molecule has 0 bridgehead atoms. The molecule has 0 radical (unpaired) electrons. The molecule has 1 N–H and O–H groups in total. The second-order valence-corrected chi connectivity index (χ2v) is 5.52. The molecule has 118 valence electrons. The first-order valence-corrected chi connectivity index (χ1v) is 7.28. The van der Waals surface area contributed by atoms with E-state index in [0.717, 1.165) is 6.08 Å². The maximum absolute atomic E-state index is 13.4. The van der Waals surface area contributed by atoms with Gasteiger partial charge in [-0.15, -0.1) is 0 Å². The van der Waals surface area contributed by atoms with Crippen LogP contribution in [0, 0.1) is 5.82 Å². The normalized spacial score (nSPS) is 14.9. The summed E-state index contributed by atoms with van der Waals surface area (Å²) in [6.45, 7) is 0. The summed E-state index contributed by atoms with van der Waals surface area (Å²) in [6.07, 6.45) is 2.49. The standard InChI is InChI=1S/C16H8ClFN4O2/c17-14-3-4-15-19-7-12(22(15)21-14)13(23)6-10-9-5-8(18)1-2-11(9)20-16(10)24/h1-7H,(H,20,24)/b10-6+. The predicted octanol–water partition coefficient (Wildman–Crippen LogP) is 2.74. The van der Waals surface area contributed by atoms with Gasteiger partial charge in [-0.2, -0.15) is 5.10 Å². The highest BCUT2D eigenvalue weighted by atomic mass is 35.5. The first-order valence-electron chi connectivity index (χ1n) is 6.90. The van der Waals surface area contributed by atoms with Gasteiger partial charge in [0, 0.05) is 17.3 Å². The number of allylic oxidation sites excluding steroid dienone is 1. The highest BCUT2D eigenvalue weighted by Gasteiger charge is 2.26. The fraction of sp³-hybridized carbons (Fsp3) is 0. The first-order chi connectivity index (χ1) is 11.5. The minimum absolute atomic E-state index is 0.0893. The molecule has 1 amide bonds. The van der Waals surface area contributed by atoms with Gasteiger partial charge < -0.3 is 5.32 Å². The molecule has 0 unspecified atom stereocenters. The van der Waals surface area contributed by atoms with Crippen LogP contribution in [0.15, 0.2) is 42.6 Å². The molecule has 3 heterocycles. The van der Waals surface area contributed by atoms with Crippen molar-refractivity contribution in [3.8, 4) is 0 Å². The number of nitrogens with zero attached hydrogens (tertiary/aromatic N) is 3. The smallest absolute Gasteiger partial charge is 0.256 e. The maximum Gasteiger partial charge on any atom is 0.256 e. The lowest BCUT2D eigenvalue weighted by atomic mass is 10.0. The van der Waals surface area contributed by atoms with Crippen LogP contribution >= 0.6 is 11.6 Å². The van der Waals surface area contributed by atoms with E-state index < -0.39 is 17.5 Å². The summed E-state index contributed by atoms with van der Waals surface area (Å²) in [5.74, 6) is -1.45. The number of aromatic nitrogens is 3. The van der Waals surface area contributed by atoms with Crippen LogP contribution in [0.5, 0.6) is 0 Å². The Labute approximate surface area is 139 Å². The number of imidazole rings is 1. The van der Waals surface area contributed by atoms with Gasteiger partial charge in [0.1, 0.15) is 16.7 Å². The molecule has 8 heteroatoms. The predicted molar refractivity (Wildman–Crippen MR) is 85.3 cm³/mol. The average Bonchev–Trinajstić information content (AvgIpc) is 3.09. The van der Waals surface area contributed by atoms with E-state index in [1.807, 2.05) is 0 Å². The third kappa shape index (κ3) is 2.26. The number of rotatable bonds is 2. The van der Waals surface area contributed by atoms with E-state index in [-0.39, 0.29) is 16.4 Å². The van der Waals surface area contributed by atoms with E-state index >= 15 is 0 Å². The molecule has 1 aliphatic rings. The van der Waals surface area contributed by atoms with Gasteiger partial charge in [0.15, 0.2) is 5.65 Å². The van der Waals surface area contributed by atoms with Crippen molar-refractivity contribution in [2.75, 3.05) is 5.32 Å². The molecule has 0 spiro atoms. The van der Waals surface area contributed by atoms with Crippen LogP contribution in [0.4, 0.5) is 10.1 Å². The Hall–Kier alpha value is -3.06. The molecule has 0 aliphatic carbocycles. The zero-order valence-corrected chi connectivity index (χ0v) is 12.7. The number of nitrogens with one attached hydrogen (secondary N) is 1. The van der Waals surface area contributed by atoms with Crippen molar-refractivity contribution in [3.05, 3.63) is 64.8 Å². The molecule has 6 nitrogen and oxygen atoms in total. The van der Waals surface area contributed by atoms with Crippen LogP contribution in [0.2, 0.25) is 5.15 Å². The lowest BCUT2D eigenvalue weighted by molar-refractivity contribution is -0.110. The van der Waals surface area contributed by atoms with E-state index in [9.17, 15) is 14.0 Å². The largest absolute Gasteiger partial charge is 0.321 e. The summed E-state index contributed by atoms with van der Waals surface area (Å²) in [6, 6.07) is 7.06. The fourth-order valence-electron chi connectivity index (χ4n) is 2.53. The van der Waals surface area contributed by atoms with Gasteiger partial charge in [0.25, 0.3) is 5.91 Å². The summed E-state index contributed by atoms with van der Waals surface area (Å²) in [5.41, 5.74) is 1.49. The number of amides is 1. The maximum atomic E-state index is 13.4. The van der Waals surface area contributed by atoms with E-state index in [4.69, 9.17) is 11.6 Å². The molecule has 4 rings (SSSR count). The third-order valence-electron chi connectivity index (χ3n) is 3.62. The van der Waals surface area contributed by atoms with Crippen molar-refractivity contribution in [2.45, 2.75) is 0 Å². The third-order valence-corrected chi connectivity index (χ3v) is 3.82. The van der Waals surface area contributed by atoms with Gasteiger partial charge in [-0.25, -0.2) is 13.9 Å². The van der Waals surface area contributed by atoms with Crippen LogP contribution in [0.3, 0.4) is 0 Å². The summed E-state index contributed by atoms with van der Waals surface area (Å²) >= 11 is 5.84. The second kappa shape index (κ2) is 5.24.